The highest BCUT2D eigenvalue weighted by Crippen LogP contribution is 2.66. The lowest BCUT2D eigenvalue weighted by atomic mass is 9.47. The van der Waals surface area contributed by atoms with E-state index in [4.69, 9.17) is 0 Å². The molecule has 0 heterocycles. The van der Waals surface area contributed by atoms with E-state index in [1.165, 1.54) is 5.57 Å². The molecular weight excluding hydrogens is 300 g/mol. The number of hydrogen-bond acceptors (Lipinski definition) is 3. The zero-order valence-electron chi connectivity index (χ0n) is 15.3. The lowest BCUT2D eigenvalue weighted by molar-refractivity contribution is -0.130. The number of fused-ring (bicyclic) bond motifs is 5. The zero-order chi connectivity index (χ0) is 17.3. The van der Waals surface area contributed by atoms with Crippen LogP contribution in [0.2, 0.25) is 0 Å². The highest BCUT2D eigenvalue weighted by Gasteiger charge is 2.61. The molecule has 0 aromatic carbocycles. The minimum absolute atomic E-state index is 0.0255. The normalized spacial score (nSPS) is 53.6. The Morgan fingerprint density at radius 2 is 1.92 bits per heavy atom. The molecule has 3 nitrogen and oxygen atoms in total. The van der Waals surface area contributed by atoms with Crippen molar-refractivity contribution in [2.24, 2.45) is 34.5 Å². The number of carbonyl (C=O) groups is 1. The third-order valence-corrected chi connectivity index (χ3v) is 8.54. The Kier molecular flexibility index (Phi) is 3.78. The van der Waals surface area contributed by atoms with E-state index in [0.29, 0.717) is 17.8 Å². The van der Waals surface area contributed by atoms with Crippen molar-refractivity contribution in [2.45, 2.75) is 77.9 Å². The first-order chi connectivity index (χ1) is 11.3. The van der Waals surface area contributed by atoms with Crippen LogP contribution in [-0.4, -0.2) is 28.2 Å². The molecule has 4 aliphatic rings. The summed E-state index contributed by atoms with van der Waals surface area (Å²) in [5.41, 5.74) is 1.68. The van der Waals surface area contributed by atoms with E-state index in [2.05, 4.69) is 19.9 Å². The van der Waals surface area contributed by atoms with E-state index in [0.717, 1.165) is 44.9 Å². The van der Waals surface area contributed by atoms with Gasteiger partial charge in [-0.25, -0.2) is 0 Å². The summed E-state index contributed by atoms with van der Waals surface area (Å²) in [6.07, 6.45) is 8.73. The molecule has 2 N–H and O–H groups in total. The summed E-state index contributed by atoms with van der Waals surface area (Å²) < 4.78 is 0. The van der Waals surface area contributed by atoms with Gasteiger partial charge in [0.2, 0.25) is 0 Å². The fourth-order valence-corrected chi connectivity index (χ4v) is 7.39. The summed E-state index contributed by atoms with van der Waals surface area (Å²) in [5, 5.41) is 20.7. The molecule has 134 valence electrons. The first kappa shape index (κ1) is 16.8. The van der Waals surface area contributed by atoms with Gasteiger partial charge in [0.15, 0.2) is 0 Å². The minimum atomic E-state index is -0.456. The summed E-state index contributed by atoms with van der Waals surface area (Å²) >= 11 is 0. The van der Waals surface area contributed by atoms with Crippen LogP contribution in [-0.2, 0) is 4.79 Å². The van der Waals surface area contributed by atoms with Crippen LogP contribution in [0.15, 0.2) is 11.6 Å². The summed E-state index contributed by atoms with van der Waals surface area (Å²) in [6.45, 7) is 6.34. The molecule has 8 atom stereocenters. The van der Waals surface area contributed by atoms with Gasteiger partial charge in [-0.3, -0.25) is 4.79 Å². The maximum Gasteiger partial charge on any atom is 0.136 e. The highest BCUT2D eigenvalue weighted by molar-refractivity contribution is 5.80. The van der Waals surface area contributed by atoms with Crippen molar-refractivity contribution < 1.29 is 15.0 Å². The molecular formula is C21H32O3. The topological polar surface area (TPSA) is 57.5 Å². The Balaban J connectivity index is 1.68. The number of aliphatic hydroxyl groups excluding tert-OH is 2. The number of rotatable bonds is 1. The van der Waals surface area contributed by atoms with Crippen molar-refractivity contribution in [3.05, 3.63) is 11.6 Å². The third kappa shape index (κ3) is 2.13. The monoisotopic (exact) mass is 332 g/mol. The fraction of sp³-hybridized carbons (Fsp3) is 0.857. The maximum absolute atomic E-state index is 12.2. The van der Waals surface area contributed by atoms with Crippen LogP contribution in [0.25, 0.3) is 0 Å². The van der Waals surface area contributed by atoms with Gasteiger partial charge in [-0.1, -0.05) is 25.5 Å². The van der Waals surface area contributed by atoms with Crippen molar-refractivity contribution in [2.75, 3.05) is 0 Å². The van der Waals surface area contributed by atoms with E-state index in [1.54, 1.807) is 6.92 Å². The molecule has 3 saturated carbocycles. The van der Waals surface area contributed by atoms with E-state index in [-0.39, 0.29) is 28.6 Å². The smallest absolute Gasteiger partial charge is 0.136 e. The zero-order valence-corrected chi connectivity index (χ0v) is 15.3. The summed E-state index contributed by atoms with van der Waals surface area (Å²) in [4.78, 5) is 12.2. The lowest BCUT2D eigenvalue weighted by Gasteiger charge is -2.57. The summed E-state index contributed by atoms with van der Waals surface area (Å²) in [6, 6.07) is 0. The highest BCUT2D eigenvalue weighted by atomic mass is 16.3. The lowest BCUT2D eigenvalue weighted by Crippen LogP contribution is -2.51. The van der Waals surface area contributed by atoms with Crippen molar-refractivity contribution in [1.82, 2.24) is 0 Å². The molecule has 4 aliphatic carbocycles. The van der Waals surface area contributed by atoms with Gasteiger partial charge in [0, 0.05) is 5.92 Å². The molecule has 0 amide bonds. The molecule has 0 bridgehead atoms. The van der Waals surface area contributed by atoms with E-state index in [9.17, 15) is 15.0 Å². The quantitative estimate of drug-likeness (QED) is 0.723. The fourth-order valence-electron chi connectivity index (χ4n) is 7.39. The molecule has 0 saturated heterocycles. The van der Waals surface area contributed by atoms with Crippen molar-refractivity contribution in [3.63, 3.8) is 0 Å². The predicted molar refractivity (Wildman–Crippen MR) is 93.3 cm³/mol. The van der Waals surface area contributed by atoms with Crippen molar-refractivity contribution >= 4 is 5.78 Å². The molecule has 0 aromatic heterocycles. The standard InChI is InChI=1S/C21H32O3/c1-12(22)19-18(24)11-17-15-5-4-13-10-14(23)6-8-20(13,2)16(15)7-9-21(17,19)3/h4,14-19,23-24H,5-11H2,1-3H3/t14-,15+,16-,17-,18+,19-,20-,21-/m0/s1. The van der Waals surface area contributed by atoms with Gasteiger partial charge in [0.25, 0.3) is 0 Å². The van der Waals surface area contributed by atoms with E-state index >= 15 is 0 Å². The van der Waals surface area contributed by atoms with Gasteiger partial charge >= 0.3 is 0 Å². The molecule has 24 heavy (non-hydrogen) atoms. The Morgan fingerprint density at radius 3 is 2.62 bits per heavy atom. The number of ketones is 1. The molecule has 0 aliphatic heterocycles. The van der Waals surface area contributed by atoms with Crippen LogP contribution in [0.1, 0.15) is 65.7 Å². The number of Topliss-reactive ketones (excluding diaryl/α,β-unsaturated/α-hetero) is 1. The molecule has 0 aromatic rings. The van der Waals surface area contributed by atoms with Gasteiger partial charge in [-0.05, 0) is 80.5 Å². The Bertz CT molecular complexity index is 582. The second-order valence-electron chi connectivity index (χ2n) is 9.59. The van der Waals surface area contributed by atoms with Crippen LogP contribution >= 0.6 is 0 Å². The first-order valence-corrected chi connectivity index (χ1v) is 9.83. The Labute approximate surface area is 145 Å². The predicted octanol–water partition coefficient (Wildman–Crippen LogP) is 3.49. The SMILES string of the molecule is CC(=O)[C@H]1[C@H](O)C[C@H]2[C@@H]3CC=C4C[C@@H](O)CC[C@]4(C)[C@H]3CC[C@@]21C. The van der Waals surface area contributed by atoms with E-state index in [1.807, 2.05) is 0 Å². The molecule has 0 spiro atoms. The second kappa shape index (κ2) is 5.41. The average molecular weight is 332 g/mol. The molecule has 0 radical (unpaired) electrons. The molecule has 3 fully saturated rings. The van der Waals surface area contributed by atoms with Crippen molar-refractivity contribution in [3.8, 4) is 0 Å². The summed E-state index contributed by atoms with van der Waals surface area (Å²) in [7, 11) is 0. The van der Waals surface area contributed by atoms with Crippen LogP contribution in [0.3, 0.4) is 0 Å². The molecule has 0 unspecified atom stereocenters. The Morgan fingerprint density at radius 1 is 1.17 bits per heavy atom. The average Bonchev–Trinajstić information content (AvgIpc) is 2.78. The number of allylic oxidation sites excluding steroid dienone is 1. The van der Waals surface area contributed by atoms with E-state index < -0.39 is 6.10 Å². The van der Waals surface area contributed by atoms with Gasteiger partial charge in [0.05, 0.1) is 12.2 Å². The van der Waals surface area contributed by atoms with Crippen LogP contribution in [0.4, 0.5) is 0 Å². The number of carbonyl (C=O) groups excluding carboxylic acids is 1. The van der Waals surface area contributed by atoms with Crippen LogP contribution < -0.4 is 0 Å². The molecule has 4 rings (SSSR count). The minimum Gasteiger partial charge on any atom is -0.393 e. The number of hydrogen-bond donors (Lipinski definition) is 2. The summed E-state index contributed by atoms with van der Waals surface area (Å²) in [5.74, 6) is 1.70. The first-order valence-electron chi connectivity index (χ1n) is 9.83. The van der Waals surface area contributed by atoms with Gasteiger partial charge in [-0.2, -0.15) is 0 Å². The Hall–Kier alpha value is -0.670. The van der Waals surface area contributed by atoms with Crippen LogP contribution in [0, 0.1) is 34.5 Å². The van der Waals surface area contributed by atoms with Gasteiger partial charge in [-0.15, -0.1) is 0 Å². The van der Waals surface area contributed by atoms with Gasteiger partial charge < -0.3 is 10.2 Å². The molecule has 3 heteroatoms. The largest absolute Gasteiger partial charge is 0.393 e. The number of aliphatic hydroxyl groups is 2. The van der Waals surface area contributed by atoms with Crippen molar-refractivity contribution in [1.29, 1.82) is 0 Å². The third-order valence-electron chi connectivity index (χ3n) is 8.54. The maximum atomic E-state index is 12.2. The van der Waals surface area contributed by atoms with Crippen LogP contribution in [0.5, 0.6) is 0 Å². The second-order valence-corrected chi connectivity index (χ2v) is 9.59. The van der Waals surface area contributed by atoms with Gasteiger partial charge in [0.1, 0.15) is 5.78 Å².